The summed E-state index contributed by atoms with van der Waals surface area (Å²) < 4.78 is 0. The fraction of sp³-hybridized carbons (Fsp3) is 0.462. The molecule has 0 radical (unpaired) electrons. The Morgan fingerprint density at radius 2 is 2.12 bits per heavy atom. The zero-order valence-corrected chi connectivity index (χ0v) is 10.7. The molecule has 4 heteroatoms. The molecule has 4 nitrogen and oxygen atoms in total. The number of hydrogen-bond acceptors (Lipinski definition) is 3. The normalized spacial score (nSPS) is 14.2. The van der Waals surface area contributed by atoms with Crippen LogP contribution in [-0.4, -0.2) is 27.7 Å². The van der Waals surface area contributed by atoms with Gasteiger partial charge in [-0.15, -0.1) is 0 Å². The standard InChI is InChI=1S/C13H19N3O/c1-8-15-10-6-5-9(7-11(10)16-8)12(14-4)13(2,3)17/h5-7,12,14,17H,1-4H3,(H,15,16). The van der Waals surface area contributed by atoms with Crippen molar-refractivity contribution in [3.05, 3.63) is 29.6 Å². The number of aromatic nitrogens is 2. The van der Waals surface area contributed by atoms with Gasteiger partial charge in [0, 0.05) is 0 Å². The summed E-state index contributed by atoms with van der Waals surface area (Å²) in [6.07, 6.45) is 0. The number of likely N-dealkylation sites (N-methyl/N-ethyl adjacent to an activating group) is 1. The fourth-order valence-electron chi connectivity index (χ4n) is 2.26. The summed E-state index contributed by atoms with van der Waals surface area (Å²) in [5.74, 6) is 0.904. The first-order chi connectivity index (χ1) is 7.91. The predicted molar refractivity (Wildman–Crippen MR) is 68.9 cm³/mol. The highest BCUT2D eigenvalue weighted by Crippen LogP contribution is 2.27. The van der Waals surface area contributed by atoms with Gasteiger partial charge in [-0.2, -0.15) is 0 Å². The van der Waals surface area contributed by atoms with E-state index in [-0.39, 0.29) is 6.04 Å². The number of aromatic amines is 1. The number of nitrogens with zero attached hydrogens (tertiary/aromatic N) is 1. The van der Waals surface area contributed by atoms with E-state index in [0.717, 1.165) is 22.4 Å². The number of H-pyrrole nitrogens is 1. The maximum absolute atomic E-state index is 10.1. The molecule has 17 heavy (non-hydrogen) atoms. The van der Waals surface area contributed by atoms with Crippen molar-refractivity contribution in [1.29, 1.82) is 0 Å². The van der Waals surface area contributed by atoms with Crippen LogP contribution in [0.4, 0.5) is 0 Å². The van der Waals surface area contributed by atoms with Crippen molar-refractivity contribution < 1.29 is 5.11 Å². The number of imidazole rings is 1. The zero-order chi connectivity index (χ0) is 12.6. The predicted octanol–water partition coefficient (Wildman–Crippen LogP) is 1.90. The van der Waals surface area contributed by atoms with Gasteiger partial charge in [-0.05, 0) is 45.5 Å². The van der Waals surface area contributed by atoms with Gasteiger partial charge in [-0.3, -0.25) is 0 Å². The Morgan fingerprint density at radius 3 is 2.71 bits per heavy atom. The summed E-state index contributed by atoms with van der Waals surface area (Å²) >= 11 is 0. The van der Waals surface area contributed by atoms with E-state index in [9.17, 15) is 5.11 Å². The van der Waals surface area contributed by atoms with Crippen LogP contribution in [0.3, 0.4) is 0 Å². The molecule has 0 amide bonds. The van der Waals surface area contributed by atoms with Crippen molar-refractivity contribution in [3.63, 3.8) is 0 Å². The van der Waals surface area contributed by atoms with Crippen LogP contribution in [0.2, 0.25) is 0 Å². The van der Waals surface area contributed by atoms with Crippen LogP contribution >= 0.6 is 0 Å². The van der Waals surface area contributed by atoms with Crippen LogP contribution in [0.5, 0.6) is 0 Å². The Hall–Kier alpha value is -1.39. The van der Waals surface area contributed by atoms with Gasteiger partial charge in [0.15, 0.2) is 0 Å². The average molecular weight is 233 g/mol. The Balaban J connectivity index is 2.47. The van der Waals surface area contributed by atoms with Gasteiger partial charge in [0.25, 0.3) is 0 Å². The summed E-state index contributed by atoms with van der Waals surface area (Å²) in [6.45, 7) is 5.54. The van der Waals surface area contributed by atoms with Crippen LogP contribution in [-0.2, 0) is 0 Å². The Kier molecular flexibility index (Phi) is 2.93. The SMILES string of the molecule is CNC(c1ccc2nc(C)[nH]c2c1)C(C)(C)O. The van der Waals surface area contributed by atoms with Crippen molar-refractivity contribution in [2.24, 2.45) is 0 Å². The monoisotopic (exact) mass is 233 g/mol. The second-order valence-electron chi connectivity index (χ2n) is 4.97. The molecule has 0 bridgehead atoms. The van der Waals surface area contributed by atoms with Crippen LogP contribution in [0, 0.1) is 6.92 Å². The minimum Gasteiger partial charge on any atom is -0.388 e. The molecule has 0 saturated carbocycles. The fourth-order valence-corrected chi connectivity index (χ4v) is 2.26. The van der Waals surface area contributed by atoms with Gasteiger partial charge in [0.1, 0.15) is 5.82 Å². The maximum atomic E-state index is 10.1. The van der Waals surface area contributed by atoms with Gasteiger partial charge in [-0.25, -0.2) is 4.98 Å². The molecule has 0 saturated heterocycles. The van der Waals surface area contributed by atoms with Gasteiger partial charge < -0.3 is 15.4 Å². The van der Waals surface area contributed by atoms with E-state index in [1.165, 1.54) is 0 Å². The molecule has 0 fully saturated rings. The van der Waals surface area contributed by atoms with Crippen LogP contribution < -0.4 is 5.32 Å². The van der Waals surface area contributed by atoms with Gasteiger partial charge >= 0.3 is 0 Å². The zero-order valence-electron chi connectivity index (χ0n) is 10.7. The lowest BCUT2D eigenvalue weighted by molar-refractivity contribution is 0.0401. The van der Waals surface area contributed by atoms with Gasteiger partial charge in [-0.1, -0.05) is 6.07 Å². The first-order valence-corrected chi connectivity index (χ1v) is 5.77. The van der Waals surface area contributed by atoms with Crippen LogP contribution in [0.25, 0.3) is 11.0 Å². The third kappa shape index (κ3) is 2.33. The molecule has 0 aliphatic rings. The molecule has 1 atom stereocenters. The molecule has 1 heterocycles. The van der Waals surface area contributed by atoms with E-state index in [4.69, 9.17) is 0 Å². The summed E-state index contributed by atoms with van der Waals surface area (Å²) in [6, 6.07) is 5.91. The molecule has 2 rings (SSSR count). The first-order valence-electron chi connectivity index (χ1n) is 5.77. The second kappa shape index (κ2) is 4.13. The van der Waals surface area contributed by atoms with Crippen LogP contribution in [0.1, 0.15) is 31.3 Å². The highest BCUT2D eigenvalue weighted by atomic mass is 16.3. The quantitative estimate of drug-likeness (QED) is 0.759. The summed E-state index contributed by atoms with van der Waals surface area (Å²) in [5, 5.41) is 13.3. The summed E-state index contributed by atoms with van der Waals surface area (Å²) in [4.78, 5) is 7.57. The van der Waals surface area contributed by atoms with Gasteiger partial charge in [0.05, 0.1) is 22.7 Å². The minimum absolute atomic E-state index is 0.101. The van der Waals surface area contributed by atoms with E-state index in [1.54, 1.807) is 13.8 Å². The summed E-state index contributed by atoms with van der Waals surface area (Å²) in [7, 11) is 1.85. The summed E-state index contributed by atoms with van der Waals surface area (Å²) in [5.41, 5.74) is 2.20. The number of benzene rings is 1. The minimum atomic E-state index is -0.808. The number of fused-ring (bicyclic) bond motifs is 1. The largest absolute Gasteiger partial charge is 0.388 e. The molecule has 0 spiro atoms. The van der Waals surface area contributed by atoms with E-state index in [1.807, 2.05) is 32.2 Å². The second-order valence-corrected chi connectivity index (χ2v) is 4.97. The van der Waals surface area contributed by atoms with Crippen molar-refractivity contribution in [2.75, 3.05) is 7.05 Å². The lowest BCUT2D eigenvalue weighted by Crippen LogP contribution is -2.37. The Bertz CT molecular complexity index is 525. The number of rotatable bonds is 3. The first kappa shape index (κ1) is 12.1. The molecule has 0 aliphatic heterocycles. The maximum Gasteiger partial charge on any atom is 0.104 e. The molecule has 3 N–H and O–H groups in total. The van der Waals surface area contributed by atoms with Crippen molar-refractivity contribution >= 4 is 11.0 Å². The number of aryl methyl sites for hydroxylation is 1. The number of aliphatic hydroxyl groups is 1. The number of nitrogens with one attached hydrogen (secondary N) is 2. The van der Waals surface area contributed by atoms with E-state index in [0.29, 0.717) is 0 Å². The average Bonchev–Trinajstić information content (AvgIpc) is 2.56. The number of hydrogen-bond donors (Lipinski definition) is 3. The van der Waals surface area contributed by atoms with E-state index >= 15 is 0 Å². The highest BCUT2D eigenvalue weighted by Gasteiger charge is 2.27. The Morgan fingerprint density at radius 1 is 1.41 bits per heavy atom. The molecule has 1 aromatic carbocycles. The third-order valence-electron chi connectivity index (χ3n) is 2.95. The lowest BCUT2D eigenvalue weighted by Gasteiger charge is -2.29. The molecule has 0 aliphatic carbocycles. The Labute approximate surface area is 101 Å². The van der Waals surface area contributed by atoms with Gasteiger partial charge in [0.2, 0.25) is 0 Å². The van der Waals surface area contributed by atoms with Crippen molar-refractivity contribution in [3.8, 4) is 0 Å². The van der Waals surface area contributed by atoms with E-state index < -0.39 is 5.60 Å². The molecule has 2 aromatic rings. The van der Waals surface area contributed by atoms with Crippen molar-refractivity contribution in [2.45, 2.75) is 32.4 Å². The highest BCUT2D eigenvalue weighted by molar-refractivity contribution is 5.76. The molecule has 1 unspecified atom stereocenters. The third-order valence-corrected chi connectivity index (χ3v) is 2.95. The topological polar surface area (TPSA) is 60.9 Å². The molecular weight excluding hydrogens is 214 g/mol. The lowest BCUT2D eigenvalue weighted by atomic mass is 9.92. The van der Waals surface area contributed by atoms with Crippen LogP contribution in [0.15, 0.2) is 18.2 Å². The van der Waals surface area contributed by atoms with E-state index in [2.05, 4.69) is 15.3 Å². The molecule has 1 aromatic heterocycles. The molecule has 92 valence electrons. The smallest absolute Gasteiger partial charge is 0.104 e. The van der Waals surface area contributed by atoms with Crippen molar-refractivity contribution in [1.82, 2.24) is 15.3 Å². The molecular formula is C13H19N3O.